The fraction of sp³-hybridized carbons (Fsp3) is 0.308. The van der Waals surface area contributed by atoms with Crippen LogP contribution in [0.25, 0.3) is 16.7 Å². The zero-order valence-electron chi connectivity index (χ0n) is 12.8. The van der Waals surface area contributed by atoms with Crippen LogP contribution in [-0.4, -0.2) is 42.3 Å². The quantitative estimate of drug-likeness (QED) is 0.567. The number of hydrogen-bond acceptors (Lipinski definition) is 8. The number of nitrogens with zero attached hydrogens (tertiary/aromatic N) is 6. The van der Waals surface area contributed by atoms with Crippen molar-refractivity contribution in [2.75, 3.05) is 11.9 Å². The largest absolute Gasteiger partial charge is 0.372 e. The number of nitrogens with one attached hydrogen (secondary N) is 1. The number of ketones is 1. The Morgan fingerprint density at radius 1 is 1.39 bits per heavy atom. The second-order valence-electron chi connectivity index (χ2n) is 4.33. The molecule has 0 fully saturated rings. The van der Waals surface area contributed by atoms with Gasteiger partial charge in [-0.2, -0.15) is 4.52 Å². The van der Waals surface area contributed by atoms with Crippen LogP contribution in [0.5, 0.6) is 0 Å². The summed E-state index contributed by atoms with van der Waals surface area (Å²) in [5.74, 6) is -0.152. The number of rotatable bonds is 4. The molecule has 0 spiro atoms. The van der Waals surface area contributed by atoms with Crippen molar-refractivity contribution in [3.8, 4) is 0 Å². The molecular weight excluding hydrogens is 302 g/mol. The number of pyridine rings is 2. The summed E-state index contributed by atoms with van der Waals surface area (Å²) in [5.41, 5.74) is 0.230. The number of carbonyl (C=O) groups excluding carboxylic acids is 1. The molecule has 0 aromatic carbocycles. The molecule has 3 rings (SSSR count). The molecule has 3 heterocycles. The van der Waals surface area contributed by atoms with E-state index in [2.05, 4.69) is 25.8 Å². The lowest BCUT2D eigenvalue weighted by Gasteiger charge is -2.09. The van der Waals surface area contributed by atoms with Crippen molar-refractivity contribution in [1.29, 1.82) is 0 Å². The van der Waals surface area contributed by atoms with Gasteiger partial charge in [0.2, 0.25) is 0 Å². The predicted molar refractivity (Wildman–Crippen MR) is 83.3 cm³/mol. The van der Waals surface area contributed by atoms with Crippen LogP contribution in [0.15, 0.2) is 18.3 Å². The third-order valence-electron chi connectivity index (χ3n) is 2.87. The van der Waals surface area contributed by atoms with E-state index in [4.69, 9.17) is 0 Å². The molecule has 120 valence electrons. The monoisotopic (exact) mass is 317 g/mol. The van der Waals surface area contributed by atoms with Gasteiger partial charge in [-0.25, -0.2) is 4.98 Å². The summed E-state index contributed by atoms with van der Waals surface area (Å²) < 4.78 is 1.20. The average Bonchev–Trinajstić information content (AvgIpc) is 3.03. The van der Waals surface area contributed by atoms with Crippen molar-refractivity contribution in [3.63, 3.8) is 0 Å². The van der Waals surface area contributed by atoms with Crippen molar-refractivity contribution in [2.45, 2.75) is 20.8 Å². The van der Waals surface area contributed by atoms with Crippen LogP contribution in [0.1, 0.15) is 20.8 Å². The molecule has 1 N–H and O–H groups in total. The maximum Gasteiger partial charge on any atom is 0.339 e. The molecule has 0 aliphatic carbocycles. The molecular formula is C13H15N7O3. The fourth-order valence-electron chi connectivity index (χ4n) is 2.04. The molecule has 3 aromatic heterocycles. The molecule has 0 saturated heterocycles. The summed E-state index contributed by atoms with van der Waals surface area (Å²) in [6.45, 7) is 5.35. The van der Waals surface area contributed by atoms with Crippen LogP contribution in [-0.2, 0) is 4.79 Å². The van der Waals surface area contributed by atoms with Gasteiger partial charge < -0.3 is 5.32 Å². The van der Waals surface area contributed by atoms with E-state index in [0.717, 1.165) is 0 Å². The summed E-state index contributed by atoms with van der Waals surface area (Å²) in [5, 5.41) is 25.5. The maximum atomic E-state index is 11.4. The van der Waals surface area contributed by atoms with Gasteiger partial charge in [0.05, 0.1) is 11.5 Å². The number of anilines is 1. The van der Waals surface area contributed by atoms with E-state index in [1.54, 1.807) is 12.1 Å². The van der Waals surface area contributed by atoms with Gasteiger partial charge in [-0.15, -0.1) is 5.10 Å². The van der Waals surface area contributed by atoms with Gasteiger partial charge >= 0.3 is 5.69 Å². The Bertz CT molecular complexity index is 875. The predicted octanol–water partition coefficient (Wildman–Crippen LogP) is 1.61. The Balaban J connectivity index is 0.000000924. The first kappa shape index (κ1) is 16.2. The summed E-state index contributed by atoms with van der Waals surface area (Å²) in [6, 6.07) is 3.29. The van der Waals surface area contributed by atoms with Crippen LogP contribution in [0, 0.1) is 10.1 Å². The summed E-state index contributed by atoms with van der Waals surface area (Å²) in [6.07, 6.45) is 1.53. The number of carbonyl (C=O) groups is 1. The van der Waals surface area contributed by atoms with Gasteiger partial charge in [-0.1, -0.05) is 13.8 Å². The Labute approximate surface area is 130 Å². The summed E-state index contributed by atoms with van der Waals surface area (Å²) in [7, 11) is 0. The minimum Gasteiger partial charge on any atom is -0.372 e. The van der Waals surface area contributed by atoms with E-state index in [0.29, 0.717) is 11.0 Å². The highest BCUT2D eigenvalue weighted by atomic mass is 16.6. The highest BCUT2D eigenvalue weighted by Gasteiger charge is 2.26. The molecule has 0 aliphatic rings. The number of nitro groups is 1. The molecule has 10 heteroatoms. The van der Waals surface area contributed by atoms with E-state index in [-0.39, 0.29) is 29.3 Å². The van der Waals surface area contributed by atoms with E-state index >= 15 is 0 Å². The molecule has 0 unspecified atom stereocenters. The van der Waals surface area contributed by atoms with Crippen LogP contribution in [0.2, 0.25) is 0 Å². The molecule has 23 heavy (non-hydrogen) atoms. The third kappa shape index (κ3) is 2.91. The summed E-state index contributed by atoms with van der Waals surface area (Å²) >= 11 is 0. The van der Waals surface area contributed by atoms with Crippen molar-refractivity contribution < 1.29 is 9.72 Å². The second-order valence-corrected chi connectivity index (χ2v) is 4.33. The van der Waals surface area contributed by atoms with Crippen LogP contribution >= 0.6 is 0 Å². The highest BCUT2D eigenvalue weighted by Crippen LogP contribution is 2.34. The molecule has 0 atom stereocenters. The Morgan fingerprint density at radius 2 is 2.13 bits per heavy atom. The number of tetrazole rings is 1. The lowest BCUT2D eigenvalue weighted by molar-refractivity contribution is -0.382. The molecule has 0 bridgehead atoms. The number of fused-ring (bicyclic) bond motifs is 3. The lowest BCUT2D eigenvalue weighted by atomic mass is 10.2. The minimum absolute atomic E-state index is 0.0303. The Morgan fingerprint density at radius 3 is 2.78 bits per heavy atom. The lowest BCUT2D eigenvalue weighted by Crippen LogP contribution is -2.13. The number of Topliss-reactive ketones (excluding diaryl/α,β-unsaturated/α-hetero) is 1. The van der Waals surface area contributed by atoms with Crippen molar-refractivity contribution in [1.82, 2.24) is 25.0 Å². The van der Waals surface area contributed by atoms with E-state index in [9.17, 15) is 14.9 Å². The minimum atomic E-state index is -0.583. The number of hydrogen-bond donors (Lipinski definition) is 1. The third-order valence-corrected chi connectivity index (χ3v) is 2.87. The smallest absolute Gasteiger partial charge is 0.339 e. The van der Waals surface area contributed by atoms with E-state index in [1.807, 2.05) is 13.8 Å². The topological polar surface area (TPSA) is 128 Å². The van der Waals surface area contributed by atoms with Gasteiger partial charge in [0.15, 0.2) is 5.65 Å². The van der Waals surface area contributed by atoms with Gasteiger partial charge in [0.1, 0.15) is 11.5 Å². The molecule has 3 aromatic rings. The first-order valence-corrected chi connectivity index (χ1v) is 6.96. The standard InChI is InChI=1S/C11H9N7O3.C2H6/c1-6(19)5-13-8-7-3-2-4-12-10(7)17-11(14-15-16-17)9(8)18(20)21;1-2/h2-4,13H,5H2,1H3;1-2H3. The Hall–Kier alpha value is -3.17. The average molecular weight is 317 g/mol. The number of aromatic nitrogens is 5. The molecule has 0 saturated carbocycles. The van der Waals surface area contributed by atoms with Crippen molar-refractivity contribution in [3.05, 3.63) is 28.4 Å². The van der Waals surface area contributed by atoms with E-state index < -0.39 is 4.92 Å². The van der Waals surface area contributed by atoms with Crippen LogP contribution in [0.3, 0.4) is 0 Å². The zero-order chi connectivity index (χ0) is 17.0. The first-order chi connectivity index (χ1) is 11.1. The van der Waals surface area contributed by atoms with Gasteiger partial charge in [-0.05, 0) is 29.5 Å². The molecule has 0 radical (unpaired) electrons. The molecule has 0 amide bonds. The highest BCUT2D eigenvalue weighted by molar-refractivity contribution is 6.00. The van der Waals surface area contributed by atoms with Crippen LogP contribution < -0.4 is 5.32 Å². The van der Waals surface area contributed by atoms with Crippen molar-refractivity contribution in [2.24, 2.45) is 0 Å². The second kappa shape index (κ2) is 6.73. The van der Waals surface area contributed by atoms with Gasteiger partial charge in [0, 0.05) is 11.6 Å². The first-order valence-electron chi connectivity index (χ1n) is 6.96. The zero-order valence-corrected chi connectivity index (χ0v) is 12.8. The van der Waals surface area contributed by atoms with E-state index in [1.165, 1.54) is 17.6 Å². The SMILES string of the molecule is CC.CC(=O)CNc1c([N+](=O)[O-])c2nnnn2c2ncccc12. The van der Waals surface area contributed by atoms with Crippen LogP contribution in [0.4, 0.5) is 11.4 Å². The van der Waals surface area contributed by atoms with Crippen molar-refractivity contribution >= 4 is 33.8 Å². The van der Waals surface area contributed by atoms with Gasteiger partial charge in [0.25, 0.3) is 5.65 Å². The maximum absolute atomic E-state index is 11.4. The van der Waals surface area contributed by atoms with Gasteiger partial charge in [-0.3, -0.25) is 14.9 Å². The Kier molecular flexibility index (Phi) is 4.74. The fourth-order valence-corrected chi connectivity index (χ4v) is 2.04. The molecule has 0 aliphatic heterocycles. The molecule has 10 nitrogen and oxygen atoms in total. The summed E-state index contributed by atoms with van der Waals surface area (Å²) in [4.78, 5) is 26.1. The normalized spacial score (nSPS) is 10.2.